The molecule has 0 aromatic heterocycles. The molecule has 0 radical (unpaired) electrons. The molecule has 0 bridgehead atoms. The van der Waals surface area contributed by atoms with Gasteiger partial charge in [-0.1, -0.05) is 33.6 Å². The predicted molar refractivity (Wildman–Crippen MR) is 82.4 cm³/mol. The first kappa shape index (κ1) is 16.9. The summed E-state index contributed by atoms with van der Waals surface area (Å²) in [5.41, 5.74) is 6.37. The number of likely N-dealkylation sites (tertiary alicyclic amines) is 1. The molecule has 1 rings (SSSR count). The number of nitrogens with two attached hydrogens (primary N) is 1. The van der Waals surface area contributed by atoms with E-state index in [-0.39, 0.29) is 5.54 Å². The lowest BCUT2D eigenvalue weighted by Crippen LogP contribution is -2.58. The first-order valence-corrected chi connectivity index (χ1v) is 8.29. The summed E-state index contributed by atoms with van der Waals surface area (Å²) in [6.45, 7) is 10.7. The molecule has 1 fully saturated rings. The van der Waals surface area contributed by atoms with E-state index in [1.54, 1.807) is 0 Å². The van der Waals surface area contributed by atoms with Crippen molar-refractivity contribution in [2.45, 2.75) is 77.4 Å². The predicted octanol–water partition coefficient (Wildman–Crippen LogP) is 3.18. The van der Waals surface area contributed by atoms with Crippen LogP contribution in [-0.2, 0) is 4.74 Å². The zero-order valence-electron chi connectivity index (χ0n) is 13.3. The second kappa shape index (κ2) is 8.93. The maximum atomic E-state index is 6.15. The molecule has 1 heterocycles. The summed E-state index contributed by atoms with van der Waals surface area (Å²) in [5, 5.41) is 0. The molecule has 0 aromatic carbocycles. The van der Waals surface area contributed by atoms with Crippen molar-refractivity contribution >= 4 is 0 Å². The van der Waals surface area contributed by atoms with Crippen molar-refractivity contribution in [2.75, 3.05) is 26.2 Å². The summed E-state index contributed by atoms with van der Waals surface area (Å²) in [4.78, 5) is 2.63. The number of piperidine rings is 1. The van der Waals surface area contributed by atoms with Gasteiger partial charge in [0.25, 0.3) is 0 Å². The molecule has 2 unspecified atom stereocenters. The Hall–Kier alpha value is -0.120. The summed E-state index contributed by atoms with van der Waals surface area (Å²) < 4.78 is 5.97. The maximum Gasteiger partial charge on any atom is 0.0702 e. The fourth-order valence-corrected chi connectivity index (χ4v) is 3.23. The van der Waals surface area contributed by atoms with E-state index < -0.39 is 0 Å². The first-order valence-electron chi connectivity index (χ1n) is 8.29. The molecule has 1 aliphatic rings. The fraction of sp³-hybridized carbons (Fsp3) is 1.00. The lowest BCUT2D eigenvalue weighted by atomic mass is 9.85. The second-order valence-corrected chi connectivity index (χ2v) is 5.97. The van der Waals surface area contributed by atoms with Gasteiger partial charge in [0, 0.05) is 25.2 Å². The third-order valence-electron chi connectivity index (χ3n) is 4.64. The van der Waals surface area contributed by atoms with Gasteiger partial charge in [-0.05, 0) is 38.6 Å². The molecule has 3 heteroatoms. The highest BCUT2D eigenvalue weighted by molar-refractivity contribution is 4.93. The van der Waals surface area contributed by atoms with Crippen LogP contribution < -0.4 is 5.73 Å². The summed E-state index contributed by atoms with van der Waals surface area (Å²) >= 11 is 0. The van der Waals surface area contributed by atoms with Crippen LogP contribution >= 0.6 is 0 Å². The molecule has 2 atom stereocenters. The Balaban J connectivity index is 2.61. The van der Waals surface area contributed by atoms with Gasteiger partial charge in [0.1, 0.15) is 0 Å². The molecule has 3 nitrogen and oxygen atoms in total. The standard InChI is InChI=1S/C16H34N2O/c1-4-7-10-16(6-3,14-17)18-11-8-9-15(13-18)19-12-5-2/h15H,4-14,17H2,1-3H3. The average Bonchev–Trinajstić information content (AvgIpc) is 2.47. The largest absolute Gasteiger partial charge is 0.377 e. The van der Waals surface area contributed by atoms with Gasteiger partial charge in [-0.2, -0.15) is 0 Å². The Morgan fingerprint density at radius 3 is 2.63 bits per heavy atom. The van der Waals surface area contributed by atoms with E-state index in [1.807, 2.05) is 0 Å². The Labute approximate surface area is 119 Å². The lowest BCUT2D eigenvalue weighted by Gasteiger charge is -2.47. The maximum absolute atomic E-state index is 6.15. The van der Waals surface area contributed by atoms with Crippen LogP contribution in [0.2, 0.25) is 0 Å². The fourth-order valence-electron chi connectivity index (χ4n) is 3.23. The summed E-state index contributed by atoms with van der Waals surface area (Å²) in [5.74, 6) is 0. The third kappa shape index (κ3) is 4.73. The van der Waals surface area contributed by atoms with Crippen molar-refractivity contribution in [3.05, 3.63) is 0 Å². The topological polar surface area (TPSA) is 38.5 Å². The molecule has 114 valence electrons. The summed E-state index contributed by atoms with van der Waals surface area (Å²) in [6.07, 6.45) is 8.93. The molecule has 1 aliphatic heterocycles. The molecule has 0 saturated carbocycles. The summed E-state index contributed by atoms with van der Waals surface area (Å²) in [7, 11) is 0. The van der Waals surface area contributed by atoms with E-state index in [4.69, 9.17) is 10.5 Å². The quantitative estimate of drug-likeness (QED) is 0.699. The van der Waals surface area contributed by atoms with Crippen molar-refractivity contribution in [3.63, 3.8) is 0 Å². The highest BCUT2D eigenvalue weighted by atomic mass is 16.5. The zero-order valence-corrected chi connectivity index (χ0v) is 13.3. The van der Waals surface area contributed by atoms with Gasteiger partial charge in [-0.15, -0.1) is 0 Å². The van der Waals surface area contributed by atoms with Gasteiger partial charge in [-0.3, -0.25) is 4.90 Å². The Kier molecular flexibility index (Phi) is 7.96. The van der Waals surface area contributed by atoms with E-state index in [2.05, 4.69) is 25.7 Å². The molecule has 0 amide bonds. The van der Waals surface area contributed by atoms with Crippen molar-refractivity contribution in [1.82, 2.24) is 4.90 Å². The molecule has 0 aromatic rings. The minimum Gasteiger partial charge on any atom is -0.377 e. The monoisotopic (exact) mass is 270 g/mol. The van der Waals surface area contributed by atoms with Gasteiger partial charge < -0.3 is 10.5 Å². The molecular formula is C16H34N2O. The van der Waals surface area contributed by atoms with Crippen molar-refractivity contribution < 1.29 is 4.74 Å². The molecule has 2 N–H and O–H groups in total. The molecule has 0 aliphatic carbocycles. The number of ether oxygens (including phenoxy) is 1. The minimum atomic E-state index is 0.213. The van der Waals surface area contributed by atoms with Crippen LogP contribution in [-0.4, -0.2) is 42.8 Å². The first-order chi connectivity index (χ1) is 9.22. The molecule has 19 heavy (non-hydrogen) atoms. The van der Waals surface area contributed by atoms with Crippen LogP contribution in [0.15, 0.2) is 0 Å². The van der Waals surface area contributed by atoms with Gasteiger partial charge >= 0.3 is 0 Å². The number of nitrogens with zero attached hydrogens (tertiary/aromatic N) is 1. The molecular weight excluding hydrogens is 236 g/mol. The van der Waals surface area contributed by atoms with Gasteiger partial charge in [0.05, 0.1) is 6.10 Å². The van der Waals surface area contributed by atoms with Crippen LogP contribution in [0.25, 0.3) is 0 Å². The van der Waals surface area contributed by atoms with Crippen molar-refractivity contribution in [3.8, 4) is 0 Å². The van der Waals surface area contributed by atoms with Crippen LogP contribution in [0.5, 0.6) is 0 Å². The number of unbranched alkanes of at least 4 members (excludes halogenated alkanes) is 1. The van der Waals surface area contributed by atoms with Crippen molar-refractivity contribution in [2.24, 2.45) is 5.73 Å². The van der Waals surface area contributed by atoms with Gasteiger partial charge in [-0.25, -0.2) is 0 Å². The van der Waals surface area contributed by atoms with Crippen LogP contribution in [0.1, 0.15) is 65.7 Å². The Morgan fingerprint density at radius 1 is 1.26 bits per heavy atom. The highest BCUT2D eigenvalue weighted by Crippen LogP contribution is 2.29. The van der Waals surface area contributed by atoms with Gasteiger partial charge in [0.2, 0.25) is 0 Å². The Morgan fingerprint density at radius 2 is 2.05 bits per heavy atom. The average molecular weight is 270 g/mol. The second-order valence-electron chi connectivity index (χ2n) is 5.97. The van der Waals surface area contributed by atoms with E-state index >= 15 is 0 Å². The SMILES string of the molecule is CCCCC(CC)(CN)N1CCCC(OCCC)C1. The van der Waals surface area contributed by atoms with Gasteiger partial charge in [0.15, 0.2) is 0 Å². The van der Waals surface area contributed by atoms with Crippen LogP contribution in [0.3, 0.4) is 0 Å². The Bertz CT molecular complexity index is 229. The van der Waals surface area contributed by atoms with E-state index in [0.717, 1.165) is 32.5 Å². The number of hydrogen-bond acceptors (Lipinski definition) is 3. The van der Waals surface area contributed by atoms with Crippen LogP contribution in [0.4, 0.5) is 0 Å². The smallest absolute Gasteiger partial charge is 0.0702 e. The summed E-state index contributed by atoms with van der Waals surface area (Å²) in [6, 6.07) is 0. The van der Waals surface area contributed by atoms with E-state index in [1.165, 1.54) is 38.6 Å². The van der Waals surface area contributed by atoms with Crippen LogP contribution in [0, 0.1) is 0 Å². The number of hydrogen-bond donors (Lipinski definition) is 1. The minimum absolute atomic E-state index is 0.213. The lowest BCUT2D eigenvalue weighted by molar-refractivity contribution is -0.0405. The van der Waals surface area contributed by atoms with Crippen molar-refractivity contribution in [1.29, 1.82) is 0 Å². The van der Waals surface area contributed by atoms with E-state index in [9.17, 15) is 0 Å². The normalized spacial score (nSPS) is 24.3. The molecule has 1 saturated heterocycles. The van der Waals surface area contributed by atoms with E-state index in [0.29, 0.717) is 6.10 Å². The number of rotatable bonds is 9. The highest BCUT2D eigenvalue weighted by Gasteiger charge is 2.36. The third-order valence-corrected chi connectivity index (χ3v) is 4.64. The zero-order chi connectivity index (χ0) is 14.1. The molecule has 0 spiro atoms.